The average Bonchev–Trinajstić information content (AvgIpc) is 3.71. The minimum absolute atomic E-state index is 0.0191. The summed E-state index contributed by atoms with van der Waals surface area (Å²) in [6, 6.07) is 23.2. The molecule has 0 amide bonds. The van der Waals surface area contributed by atoms with Gasteiger partial charge in [0.05, 0.1) is 28.9 Å². The zero-order valence-electron chi connectivity index (χ0n) is 24.9. The first-order valence-corrected chi connectivity index (χ1v) is 16.0. The van der Waals surface area contributed by atoms with Gasteiger partial charge in [-0.2, -0.15) is 0 Å². The van der Waals surface area contributed by atoms with Crippen LogP contribution in [0.3, 0.4) is 0 Å². The highest BCUT2D eigenvalue weighted by atomic mass is 32.1. The normalized spacial score (nSPS) is 10.5. The lowest BCUT2D eigenvalue weighted by Crippen LogP contribution is -2.12. The number of benzene rings is 3. The second-order valence-corrected chi connectivity index (χ2v) is 11.4. The first kappa shape index (κ1) is 32.5. The van der Waals surface area contributed by atoms with E-state index in [9.17, 15) is 14.4 Å². The van der Waals surface area contributed by atoms with E-state index in [0.717, 1.165) is 23.1 Å². The first-order chi connectivity index (χ1) is 21.4. The number of nitrogens with zero attached hydrogens (tertiary/aromatic N) is 2. The smallest absolute Gasteiger partial charge is 0.311 e. The highest BCUT2D eigenvalue weighted by Crippen LogP contribution is 2.22. The molecule has 8 nitrogen and oxygen atoms in total. The van der Waals surface area contributed by atoms with Gasteiger partial charge in [0.15, 0.2) is 23.2 Å². The van der Waals surface area contributed by atoms with Gasteiger partial charge in [-0.3, -0.25) is 14.4 Å². The van der Waals surface area contributed by atoms with E-state index in [-0.39, 0.29) is 37.2 Å². The molecule has 0 aliphatic carbocycles. The summed E-state index contributed by atoms with van der Waals surface area (Å²) in [6.45, 7) is 6.21. The number of Topliss-reactive ketones (excluding diaryl/α,β-unsaturated/α-hetero) is 2. The van der Waals surface area contributed by atoms with Gasteiger partial charge in [-0.25, -0.2) is 9.97 Å². The Labute approximate surface area is 264 Å². The molecular formula is C34H34N2O6S2. The van der Waals surface area contributed by atoms with Gasteiger partial charge in [0, 0.05) is 5.38 Å². The van der Waals surface area contributed by atoms with E-state index in [1.807, 2.05) is 72.8 Å². The summed E-state index contributed by atoms with van der Waals surface area (Å²) >= 11 is 2.62. The number of carbonyl (C=O) groups is 3. The number of esters is 1. The third-order valence-corrected chi connectivity index (χ3v) is 8.37. The van der Waals surface area contributed by atoms with E-state index in [4.69, 9.17) is 14.2 Å². The summed E-state index contributed by atoms with van der Waals surface area (Å²) in [5, 5.41) is 2.54. The molecule has 0 saturated heterocycles. The van der Waals surface area contributed by atoms with Crippen LogP contribution in [0.25, 0.3) is 10.2 Å². The van der Waals surface area contributed by atoms with Crippen LogP contribution in [0.4, 0.5) is 0 Å². The summed E-state index contributed by atoms with van der Waals surface area (Å²) in [4.78, 5) is 44.1. The molecule has 0 radical (unpaired) electrons. The fourth-order valence-electron chi connectivity index (χ4n) is 3.93. The van der Waals surface area contributed by atoms with Gasteiger partial charge < -0.3 is 14.2 Å². The van der Waals surface area contributed by atoms with Crippen molar-refractivity contribution < 1.29 is 28.6 Å². The zero-order chi connectivity index (χ0) is 31.3. The number of aryl methyl sites for hydroxylation is 2. The summed E-state index contributed by atoms with van der Waals surface area (Å²) < 4.78 is 16.9. The van der Waals surface area contributed by atoms with E-state index in [0.29, 0.717) is 33.8 Å². The van der Waals surface area contributed by atoms with Crippen LogP contribution in [0.1, 0.15) is 57.2 Å². The maximum Gasteiger partial charge on any atom is 0.311 e. The molecule has 0 saturated carbocycles. The topological polar surface area (TPSA) is 105 Å². The number of fused-ring (bicyclic) bond motifs is 1. The predicted molar refractivity (Wildman–Crippen MR) is 173 cm³/mol. The number of rotatable bonds is 13. The van der Waals surface area contributed by atoms with E-state index < -0.39 is 0 Å². The van der Waals surface area contributed by atoms with Gasteiger partial charge in [0.1, 0.15) is 11.5 Å². The van der Waals surface area contributed by atoms with Crippen LogP contribution in [0.2, 0.25) is 0 Å². The van der Waals surface area contributed by atoms with Crippen molar-refractivity contribution in [3.63, 3.8) is 0 Å². The van der Waals surface area contributed by atoms with Crippen molar-refractivity contribution in [2.45, 2.75) is 40.0 Å². The molecule has 3 aromatic carbocycles. The van der Waals surface area contributed by atoms with Crippen molar-refractivity contribution in [2.24, 2.45) is 0 Å². The molecule has 0 unspecified atom stereocenters. The Balaban J connectivity index is 0.000000201. The first-order valence-electron chi connectivity index (χ1n) is 14.3. The number of aromatic nitrogens is 2. The van der Waals surface area contributed by atoms with Gasteiger partial charge in [0.2, 0.25) is 11.6 Å². The summed E-state index contributed by atoms with van der Waals surface area (Å²) in [6.07, 6.45) is 2.03. The number of hydrogen-bond acceptors (Lipinski definition) is 10. The number of para-hydroxylation sites is 1. The Kier molecular flexibility index (Phi) is 12.1. The number of carbonyl (C=O) groups excluding carboxylic acids is 3. The number of hydrogen-bond donors (Lipinski definition) is 0. The maximum absolute atomic E-state index is 12.1. The standard InChI is InChI=1S/C17H19NO4S.C17H15NO2S/c1-3-12-5-7-14(8-6-12)22-10-15(19)17-18-13(11-23-17)9-16(20)21-4-2;1-2-12-7-9-13(10-8-12)20-11-15(19)17-18-14-5-3-4-6-16(14)21-17/h5-8,11H,3-4,9-10H2,1-2H3;3-10H,2,11H2,1H3. The molecule has 10 heteroatoms. The largest absolute Gasteiger partial charge is 0.485 e. The van der Waals surface area contributed by atoms with Crippen LogP contribution < -0.4 is 9.47 Å². The SMILES string of the molecule is CCOC(=O)Cc1csc(C(=O)COc2ccc(CC)cc2)n1.CCc1ccc(OCC(=O)c2nc3ccccc3s2)cc1. The third-order valence-electron chi connectivity index (χ3n) is 6.36. The zero-order valence-corrected chi connectivity index (χ0v) is 26.5. The van der Waals surface area contributed by atoms with Crippen LogP contribution >= 0.6 is 22.7 Å². The fraction of sp³-hybridized carbons (Fsp3) is 0.265. The van der Waals surface area contributed by atoms with E-state index >= 15 is 0 Å². The van der Waals surface area contributed by atoms with Gasteiger partial charge in [0.25, 0.3) is 0 Å². The molecule has 0 aliphatic heterocycles. The highest BCUT2D eigenvalue weighted by molar-refractivity contribution is 7.20. The van der Waals surface area contributed by atoms with Crippen molar-refractivity contribution >= 4 is 50.4 Å². The predicted octanol–water partition coefficient (Wildman–Crippen LogP) is 7.19. The lowest BCUT2D eigenvalue weighted by atomic mass is 10.2. The van der Waals surface area contributed by atoms with Crippen molar-refractivity contribution in [2.75, 3.05) is 19.8 Å². The van der Waals surface area contributed by atoms with Crippen LogP contribution in [0, 0.1) is 0 Å². The number of thiazole rings is 2. The molecule has 44 heavy (non-hydrogen) atoms. The molecule has 0 N–H and O–H groups in total. The molecule has 0 spiro atoms. The average molecular weight is 631 g/mol. The van der Waals surface area contributed by atoms with Crippen LogP contribution in [-0.4, -0.2) is 47.3 Å². The lowest BCUT2D eigenvalue weighted by molar-refractivity contribution is -0.142. The number of ether oxygens (including phenoxy) is 3. The van der Waals surface area contributed by atoms with Gasteiger partial charge in [-0.05, 0) is 67.3 Å². The maximum atomic E-state index is 12.1. The van der Waals surface area contributed by atoms with Crippen molar-refractivity contribution in [3.8, 4) is 11.5 Å². The third kappa shape index (κ3) is 9.55. The molecule has 5 rings (SSSR count). The van der Waals surface area contributed by atoms with Crippen molar-refractivity contribution in [1.82, 2.24) is 9.97 Å². The van der Waals surface area contributed by atoms with Gasteiger partial charge in [-0.15, -0.1) is 22.7 Å². The fourth-order valence-corrected chi connectivity index (χ4v) is 5.57. The van der Waals surface area contributed by atoms with E-state index in [2.05, 4.69) is 23.8 Å². The minimum atomic E-state index is -0.343. The Hall–Kier alpha value is -4.41. The molecule has 0 aliphatic rings. The van der Waals surface area contributed by atoms with E-state index in [1.54, 1.807) is 12.3 Å². The van der Waals surface area contributed by atoms with Crippen LogP contribution in [0.5, 0.6) is 11.5 Å². The Bertz CT molecular complexity index is 1640. The Morgan fingerprint density at radius 3 is 1.82 bits per heavy atom. The van der Waals surface area contributed by atoms with Crippen LogP contribution in [0.15, 0.2) is 78.2 Å². The Morgan fingerprint density at radius 2 is 1.27 bits per heavy atom. The number of ketones is 2. The summed E-state index contributed by atoms with van der Waals surface area (Å²) in [5.74, 6) is 0.727. The second kappa shape index (κ2) is 16.4. The van der Waals surface area contributed by atoms with Crippen LogP contribution in [-0.2, 0) is 28.8 Å². The van der Waals surface area contributed by atoms with Crippen molar-refractivity contribution in [1.29, 1.82) is 0 Å². The highest BCUT2D eigenvalue weighted by Gasteiger charge is 2.15. The van der Waals surface area contributed by atoms with Gasteiger partial charge >= 0.3 is 5.97 Å². The second-order valence-electron chi connectivity index (χ2n) is 9.53. The van der Waals surface area contributed by atoms with Crippen molar-refractivity contribution in [3.05, 3.63) is 105 Å². The summed E-state index contributed by atoms with van der Waals surface area (Å²) in [5.41, 5.74) is 3.87. The van der Waals surface area contributed by atoms with Gasteiger partial charge in [-0.1, -0.05) is 50.2 Å². The quantitative estimate of drug-likeness (QED) is 0.0994. The molecule has 5 aromatic rings. The molecule has 228 valence electrons. The molecular weight excluding hydrogens is 597 g/mol. The minimum Gasteiger partial charge on any atom is -0.485 e. The molecule has 0 bridgehead atoms. The van der Waals surface area contributed by atoms with E-state index in [1.165, 1.54) is 33.8 Å². The molecule has 2 aromatic heterocycles. The Morgan fingerprint density at radius 1 is 0.705 bits per heavy atom. The molecule has 0 atom stereocenters. The monoisotopic (exact) mass is 630 g/mol. The molecule has 0 fully saturated rings. The molecule has 2 heterocycles. The summed E-state index contributed by atoms with van der Waals surface area (Å²) in [7, 11) is 0. The lowest BCUT2D eigenvalue weighted by Gasteiger charge is -2.05.